The molecule has 3 nitrogen and oxygen atoms in total. The molecule has 0 amide bonds. The van der Waals surface area contributed by atoms with Crippen LogP contribution in [0.3, 0.4) is 0 Å². The van der Waals surface area contributed by atoms with Crippen LogP contribution in [0.1, 0.15) is 25.2 Å². The Morgan fingerprint density at radius 1 is 1.40 bits per heavy atom. The summed E-state index contributed by atoms with van der Waals surface area (Å²) in [5.74, 6) is 1.05. The van der Waals surface area contributed by atoms with Gasteiger partial charge in [0.15, 0.2) is 0 Å². The summed E-state index contributed by atoms with van der Waals surface area (Å²) >= 11 is 5.80. The third kappa shape index (κ3) is 3.00. The molecule has 7 heteroatoms. The highest BCUT2D eigenvalue weighted by Gasteiger charge is 2.32. The number of rotatable bonds is 4. The highest BCUT2D eigenvalue weighted by molar-refractivity contribution is 6.16. The molecule has 1 atom stereocenters. The Kier molecular flexibility index (Phi) is 4.13. The molecule has 1 unspecified atom stereocenters. The van der Waals surface area contributed by atoms with E-state index in [4.69, 9.17) is 16.3 Å². The van der Waals surface area contributed by atoms with E-state index in [0.29, 0.717) is 22.6 Å². The summed E-state index contributed by atoms with van der Waals surface area (Å²) in [7, 11) is 1.50. The Hall–Kier alpha value is -1.43. The van der Waals surface area contributed by atoms with Crippen molar-refractivity contribution in [3.63, 3.8) is 0 Å². The van der Waals surface area contributed by atoms with Crippen LogP contribution in [-0.2, 0) is 5.88 Å². The minimum absolute atomic E-state index is 0.0548. The lowest BCUT2D eigenvalue weighted by Crippen LogP contribution is -2.18. The first kappa shape index (κ1) is 15.0. The number of nitrogens with zero attached hydrogens (tertiary/aromatic N) is 2. The van der Waals surface area contributed by atoms with Crippen molar-refractivity contribution >= 4 is 22.6 Å². The molecule has 0 spiro atoms. The monoisotopic (exact) mass is 306 g/mol. The van der Waals surface area contributed by atoms with Crippen molar-refractivity contribution in [3.8, 4) is 5.75 Å². The predicted molar refractivity (Wildman–Crippen MR) is 71.2 cm³/mol. The van der Waals surface area contributed by atoms with E-state index in [1.165, 1.54) is 18.6 Å². The van der Waals surface area contributed by atoms with Crippen molar-refractivity contribution < 1.29 is 17.9 Å². The van der Waals surface area contributed by atoms with Gasteiger partial charge in [0.2, 0.25) is 0 Å². The molecule has 1 heterocycles. The maximum atomic E-state index is 12.6. The van der Waals surface area contributed by atoms with E-state index < -0.39 is 18.6 Å². The zero-order valence-electron chi connectivity index (χ0n) is 11.0. The molecule has 2 aromatic rings. The lowest BCUT2D eigenvalue weighted by atomic mass is 10.2. The van der Waals surface area contributed by atoms with Gasteiger partial charge < -0.3 is 9.30 Å². The molecule has 0 N–H and O–H groups in total. The van der Waals surface area contributed by atoms with Crippen molar-refractivity contribution in [2.45, 2.75) is 31.4 Å². The molecule has 0 aliphatic heterocycles. The molecule has 0 radical (unpaired) electrons. The predicted octanol–water partition coefficient (Wildman–Crippen LogP) is 4.30. The van der Waals surface area contributed by atoms with Gasteiger partial charge in [0.25, 0.3) is 0 Å². The number of methoxy groups -OCH3 is 1. The molecule has 1 aromatic carbocycles. The molecule has 0 aliphatic carbocycles. The number of halogens is 4. The van der Waals surface area contributed by atoms with Crippen molar-refractivity contribution in [1.29, 1.82) is 0 Å². The molecular weight excluding hydrogens is 293 g/mol. The molecule has 20 heavy (non-hydrogen) atoms. The molecule has 0 saturated carbocycles. The van der Waals surface area contributed by atoms with Gasteiger partial charge in [0, 0.05) is 12.1 Å². The summed E-state index contributed by atoms with van der Waals surface area (Å²) in [6.45, 7) is 1.50. The Balaban J connectivity index is 2.53. The first-order valence-electron chi connectivity index (χ1n) is 6.03. The van der Waals surface area contributed by atoms with Crippen molar-refractivity contribution in [3.05, 3.63) is 24.0 Å². The van der Waals surface area contributed by atoms with Gasteiger partial charge >= 0.3 is 6.18 Å². The third-order valence-corrected chi connectivity index (χ3v) is 3.30. The van der Waals surface area contributed by atoms with Gasteiger partial charge in [0.05, 0.1) is 30.4 Å². The lowest BCUT2D eigenvalue weighted by molar-refractivity contribution is -0.141. The fourth-order valence-corrected chi connectivity index (χ4v) is 2.45. The van der Waals surface area contributed by atoms with Gasteiger partial charge in [-0.2, -0.15) is 13.2 Å². The van der Waals surface area contributed by atoms with Crippen molar-refractivity contribution in [2.24, 2.45) is 0 Å². The van der Waals surface area contributed by atoms with Gasteiger partial charge in [0.1, 0.15) is 11.6 Å². The molecule has 0 saturated heterocycles. The normalized spacial score (nSPS) is 13.7. The number of hydrogen-bond donors (Lipinski definition) is 0. The standard InChI is InChI=1S/C13H14ClF3N2O/c1-8(6-13(15,16)17)19-11-5-9(20-2)3-4-10(11)18-12(19)7-14/h3-5,8H,6-7H2,1-2H3. The van der Waals surface area contributed by atoms with Crippen LogP contribution in [0.25, 0.3) is 11.0 Å². The third-order valence-electron chi connectivity index (χ3n) is 3.06. The van der Waals surface area contributed by atoms with E-state index >= 15 is 0 Å². The van der Waals surface area contributed by atoms with E-state index in [9.17, 15) is 13.2 Å². The summed E-state index contributed by atoms with van der Waals surface area (Å²) in [5.41, 5.74) is 1.20. The lowest BCUT2D eigenvalue weighted by Gasteiger charge is -2.18. The van der Waals surface area contributed by atoms with E-state index in [-0.39, 0.29) is 5.88 Å². The Bertz CT molecular complexity index is 609. The Morgan fingerprint density at radius 3 is 2.65 bits per heavy atom. The number of hydrogen-bond acceptors (Lipinski definition) is 2. The molecule has 0 bridgehead atoms. The SMILES string of the molecule is COc1ccc2nc(CCl)n(C(C)CC(F)(F)F)c2c1. The first-order chi connectivity index (χ1) is 9.35. The summed E-state index contributed by atoms with van der Waals surface area (Å²) < 4.78 is 44.4. The number of alkyl halides is 4. The van der Waals surface area contributed by atoms with E-state index in [1.54, 1.807) is 18.2 Å². The molecule has 2 rings (SSSR count). The van der Waals surface area contributed by atoms with E-state index in [2.05, 4.69) is 4.98 Å². The summed E-state index contributed by atoms with van der Waals surface area (Å²) in [5, 5.41) is 0. The second kappa shape index (κ2) is 5.52. The molecule has 0 aliphatic rings. The van der Waals surface area contributed by atoms with Crippen LogP contribution in [0.2, 0.25) is 0 Å². The smallest absolute Gasteiger partial charge is 0.391 e. The number of benzene rings is 1. The van der Waals surface area contributed by atoms with Crippen LogP contribution in [0.5, 0.6) is 5.75 Å². The molecular formula is C13H14ClF3N2O. The van der Waals surface area contributed by atoms with Crippen LogP contribution in [-0.4, -0.2) is 22.8 Å². The number of ether oxygens (including phenoxy) is 1. The van der Waals surface area contributed by atoms with Crippen LogP contribution < -0.4 is 4.74 Å². The molecule has 1 aromatic heterocycles. The maximum Gasteiger partial charge on any atom is 0.391 e. The van der Waals surface area contributed by atoms with E-state index in [1.807, 2.05) is 0 Å². The Labute approximate surface area is 119 Å². The fraction of sp³-hybridized carbons (Fsp3) is 0.462. The minimum atomic E-state index is -4.24. The zero-order valence-corrected chi connectivity index (χ0v) is 11.8. The molecule has 0 fully saturated rings. The van der Waals surface area contributed by atoms with Gasteiger partial charge in [-0.05, 0) is 19.1 Å². The number of fused-ring (bicyclic) bond motifs is 1. The minimum Gasteiger partial charge on any atom is -0.497 e. The van der Waals surface area contributed by atoms with Gasteiger partial charge in [-0.25, -0.2) is 4.98 Å². The topological polar surface area (TPSA) is 27.1 Å². The van der Waals surface area contributed by atoms with Crippen molar-refractivity contribution in [2.75, 3.05) is 7.11 Å². The molecule has 110 valence electrons. The average molecular weight is 307 g/mol. The van der Waals surface area contributed by atoms with Crippen LogP contribution in [0.4, 0.5) is 13.2 Å². The highest BCUT2D eigenvalue weighted by Crippen LogP contribution is 2.32. The second-order valence-electron chi connectivity index (χ2n) is 4.55. The largest absolute Gasteiger partial charge is 0.497 e. The van der Waals surface area contributed by atoms with Gasteiger partial charge in [-0.1, -0.05) is 0 Å². The highest BCUT2D eigenvalue weighted by atomic mass is 35.5. The summed E-state index contributed by atoms with van der Waals surface area (Å²) in [6, 6.07) is 4.32. The fourth-order valence-electron chi connectivity index (χ4n) is 2.26. The van der Waals surface area contributed by atoms with Crippen molar-refractivity contribution in [1.82, 2.24) is 9.55 Å². The Morgan fingerprint density at radius 2 is 2.10 bits per heavy atom. The van der Waals surface area contributed by atoms with Gasteiger partial charge in [-0.3, -0.25) is 0 Å². The summed E-state index contributed by atoms with van der Waals surface area (Å²) in [6.07, 6.45) is -5.17. The van der Waals surface area contributed by atoms with Crippen LogP contribution >= 0.6 is 11.6 Å². The second-order valence-corrected chi connectivity index (χ2v) is 4.82. The summed E-state index contributed by atoms with van der Waals surface area (Å²) in [4.78, 5) is 4.27. The first-order valence-corrected chi connectivity index (χ1v) is 6.56. The number of imidazole rings is 1. The van der Waals surface area contributed by atoms with Crippen LogP contribution in [0.15, 0.2) is 18.2 Å². The van der Waals surface area contributed by atoms with Crippen LogP contribution in [0, 0.1) is 0 Å². The van der Waals surface area contributed by atoms with E-state index in [0.717, 1.165) is 0 Å². The zero-order chi connectivity index (χ0) is 14.9. The average Bonchev–Trinajstić information content (AvgIpc) is 2.73. The maximum absolute atomic E-state index is 12.6. The quantitative estimate of drug-likeness (QED) is 0.788. The number of aromatic nitrogens is 2. The van der Waals surface area contributed by atoms with Gasteiger partial charge in [-0.15, -0.1) is 11.6 Å².